The molecule has 106 valence electrons. The highest BCUT2D eigenvalue weighted by molar-refractivity contribution is 5.93. The van der Waals surface area contributed by atoms with Crippen molar-refractivity contribution in [2.24, 2.45) is 7.05 Å². The van der Waals surface area contributed by atoms with Crippen molar-refractivity contribution in [3.8, 4) is 0 Å². The molecule has 0 atom stereocenters. The number of nitrogens with zero attached hydrogens (tertiary/aromatic N) is 3. The predicted molar refractivity (Wildman–Crippen MR) is 71.2 cm³/mol. The number of aromatic carboxylic acids is 1. The van der Waals surface area contributed by atoms with Crippen LogP contribution in [0.15, 0.2) is 12.3 Å². The van der Waals surface area contributed by atoms with Crippen LogP contribution in [-0.2, 0) is 13.6 Å². The summed E-state index contributed by atoms with van der Waals surface area (Å²) in [4.78, 5) is 14.8. The van der Waals surface area contributed by atoms with Crippen LogP contribution in [0.5, 0.6) is 0 Å². The molecule has 2 N–H and O–H groups in total. The van der Waals surface area contributed by atoms with Gasteiger partial charge in [-0.25, -0.2) is 14.2 Å². The van der Waals surface area contributed by atoms with Crippen molar-refractivity contribution in [1.29, 1.82) is 0 Å². The summed E-state index contributed by atoms with van der Waals surface area (Å²) in [6, 6.07) is 0.945. The van der Waals surface area contributed by atoms with E-state index >= 15 is 0 Å². The number of hydrogen-bond donors (Lipinski definition) is 2. The normalized spacial score (nSPS) is 10.6. The molecule has 0 saturated heterocycles. The summed E-state index contributed by atoms with van der Waals surface area (Å²) in [5, 5.41) is 16.2. The quantitative estimate of drug-likeness (QED) is 0.892. The molecule has 0 spiro atoms. The topological polar surface area (TPSA) is 80.0 Å². The second-order valence-corrected chi connectivity index (χ2v) is 4.48. The Bertz CT molecular complexity index is 667. The average molecular weight is 278 g/mol. The number of rotatable bonds is 4. The maximum atomic E-state index is 13.0. The van der Waals surface area contributed by atoms with Crippen LogP contribution in [0.4, 0.5) is 10.2 Å². The fourth-order valence-electron chi connectivity index (χ4n) is 1.99. The van der Waals surface area contributed by atoms with Crippen LogP contribution in [0, 0.1) is 19.7 Å². The fraction of sp³-hybridized carbons (Fsp3) is 0.308. The number of carbonyl (C=O) groups is 1. The van der Waals surface area contributed by atoms with Gasteiger partial charge in [-0.15, -0.1) is 0 Å². The van der Waals surface area contributed by atoms with Gasteiger partial charge in [-0.3, -0.25) is 4.68 Å². The SMILES string of the molecule is Cc1nn(C)c(C)c1CNc1ncc(F)cc1C(=O)O. The van der Waals surface area contributed by atoms with Gasteiger partial charge in [0.2, 0.25) is 0 Å². The van der Waals surface area contributed by atoms with Crippen LogP contribution >= 0.6 is 0 Å². The molecule has 7 heteroatoms. The Kier molecular flexibility index (Phi) is 3.69. The zero-order valence-electron chi connectivity index (χ0n) is 11.4. The first-order chi connectivity index (χ1) is 9.40. The lowest BCUT2D eigenvalue weighted by atomic mass is 10.2. The molecule has 0 aromatic carbocycles. The minimum Gasteiger partial charge on any atom is -0.478 e. The van der Waals surface area contributed by atoms with Gasteiger partial charge in [-0.05, 0) is 19.9 Å². The molecule has 0 radical (unpaired) electrons. The third-order valence-electron chi connectivity index (χ3n) is 3.18. The Labute approximate surface area is 115 Å². The Morgan fingerprint density at radius 2 is 2.20 bits per heavy atom. The van der Waals surface area contributed by atoms with Gasteiger partial charge in [0, 0.05) is 24.8 Å². The molecule has 2 rings (SSSR count). The van der Waals surface area contributed by atoms with Gasteiger partial charge in [0.05, 0.1) is 11.9 Å². The van der Waals surface area contributed by atoms with E-state index in [0.717, 1.165) is 29.2 Å². The van der Waals surface area contributed by atoms with Gasteiger partial charge in [-0.1, -0.05) is 0 Å². The molecule has 2 heterocycles. The minimum atomic E-state index is -1.22. The molecule has 0 aliphatic rings. The summed E-state index contributed by atoms with van der Waals surface area (Å²) in [6.07, 6.45) is 0.984. The summed E-state index contributed by atoms with van der Waals surface area (Å²) >= 11 is 0. The van der Waals surface area contributed by atoms with Crippen molar-refractivity contribution in [1.82, 2.24) is 14.8 Å². The van der Waals surface area contributed by atoms with Gasteiger partial charge < -0.3 is 10.4 Å². The second kappa shape index (κ2) is 5.28. The number of anilines is 1. The first-order valence-corrected chi connectivity index (χ1v) is 6.02. The highest BCUT2D eigenvalue weighted by Crippen LogP contribution is 2.17. The number of aryl methyl sites for hydroxylation is 2. The molecule has 0 fully saturated rings. The zero-order chi connectivity index (χ0) is 14.9. The summed E-state index contributed by atoms with van der Waals surface area (Å²) in [5.41, 5.74) is 2.62. The Morgan fingerprint density at radius 1 is 1.50 bits per heavy atom. The molecule has 20 heavy (non-hydrogen) atoms. The van der Waals surface area contributed by atoms with Crippen molar-refractivity contribution in [2.45, 2.75) is 20.4 Å². The summed E-state index contributed by atoms with van der Waals surface area (Å²) < 4.78 is 14.8. The zero-order valence-corrected chi connectivity index (χ0v) is 11.4. The third kappa shape index (κ3) is 2.61. The number of halogens is 1. The van der Waals surface area contributed by atoms with E-state index in [1.54, 1.807) is 4.68 Å². The molecule has 0 amide bonds. The van der Waals surface area contributed by atoms with Crippen molar-refractivity contribution in [2.75, 3.05) is 5.32 Å². The molecule has 0 bridgehead atoms. The number of carboxylic acid groups (broad SMARTS) is 1. The van der Waals surface area contributed by atoms with Crippen LogP contribution < -0.4 is 5.32 Å². The molecule has 0 unspecified atom stereocenters. The number of nitrogens with one attached hydrogen (secondary N) is 1. The van der Waals surface area contributed by atoms with Gasteiger partial charge in [0.15, 0.2) is 0 Å². The van der Waals surface area contributed by atoms with E-state index in [0.29, 0.717) is 6.54 Å². The Hall–Kier alpha value is -2.44. The second-order valence-electron chi connectivity index (χ2n) is 4.48. The average Bonchev–Trinajstić information content (AvgIpc) is 2.62. The van der Waals surface area contributed by atoms with E-state index in [9.17, 15) is 9.18 Å². The Morgan fingerprint density at radius 3 is 2.75 bits per heavy atom. The van der Waals surface area contributed by atoms with Crippen molar-refractivity contribution < 1.29 is 14.3 Å². The molecule has 2 aromatic rings. The van der Waals surface area contributed by atoms with Crippen LogP contribution in [-0.4, -0.2) is 25.8 Å². The lowest BCUT2D eigenvalue weighted by molar-refractivity contribution is 0.0697. The first kappa shape index (κ1) is 14.0. The van der Waals surface area contributed by atoms with E-state index < -0.39 is 11.8 Å². The molecular formula is C13H15FN4O2. The lowest BCUT2D eigenvalue weighted by Crippen LogP contribution is -2.10. The highest BCUT2D eigenvalue weighted by Gasteiger charge is 2.14. The van der Waals surface area contributed by atoms with E-state index in [-0.39, 0.29) is 11.4 Å². The molecule has 0 aliphatic heterocycles. The van der Waals surface area contributed by atoms with Gasteiger partial charge in [0.25, 0.3) is 0 Å². The smallest absolute Gasteiger partial charge is 0.339 e. The molecular weight excluding hydrogens is 263 g/mol. The highest BCUT2D eigenvalue weighted by atomic mass is 19.1. The van der Waals surface area contributed by atoms with Crippen LogP contribution in [0.1, 0.15) is 27.3 Å². The van der Waals surface area contributed by atoms with Crippen molar-refractivity contribution in [3.05, 3.63) is 40.6 Å². The first-order valence-electron chi connectivity index (χ1n) is 6.02. The summed E-state index contributed by atoms with van der Waals surface area (Å²) in [5.74, 6) is -1.76. The monoisotopic (exact) mass is 278 g/mol. The third-order valence-corrected chi connectivity index (χ3v) is 3.18. The van der Waals surface area contributed by atoms with E-state index in [1.807, 2.05) is 20.9 Å². The summed E-state index contributed by atoms with van der Waals surface area (Å²) in [7, 11) is 1.84. The lowest BCUT2D eigenvalue weighted by Gasteiger charge is -2.09. The van der Waals surface area contributed by atoms with Gasteiger partial charge in [-0.2, -0.15) is 5.10 Å². The van der Waals surface area contributed by atoms with Crippen LogP contribution in [0.25, 0.3) is 0 Å². The fourth-order valence-corrected chi connectivity index (χ4v) is 1.99. The summed E-state index contributed by atoms with van der Waals surface area (Å²) in [6.45, 7) is 4.18. The van der Waals surface area contributed by atoms with Gasteiger partial charge in [0.1, 0.15) is 17.2 Å². The van der Waals surface area contributed by atoms with Crippen molar-refractivity contribution >= 4 is 11.8 Å². The standard InChI is InChI=1S/C13H15FN4O2/c1-7-11(8(2)18(3)17-7)6-16-12-10(13(19)20)4-9(14)5-15-12/h4-5H,6H2,1-3H3,(H,15,16)(H,19,20). The number of aromatic nitrogens is 3. The van der Waals surface area contributed by atoms with Crippen LogP contribution in [0.2, 0.25) is 0 Å². The number of pyridine rings is 1. The largest absolute Gasteiger partial charge is 0.478 e. The van der Waals surface area contributed by atoms with E-state index in [2.05, 4.69) is 15.4 Å². The molecule has 0 aliphatic carbocycles. The molecule has 6 nitrogen and oxygen atoms in total. The number of hydrogen-bond acceptors (Lipinski definition) is 4. The molecule has 0 saturated carbocycles. The van der Waals surface area contributed by atoms with Crippen molar-refractivity contribution in [3.63, 3.8) is 0 Å². The maximum absolute atomic E-state index is 13.0. The Balaban J connectivity index is 2.25. The van der Waals surface area contributed by atoms with Crippen LogP contribution in [0.3, 0.4) is 0 Å². The van der Waals surface area contributed by atoms with E-state index in [4.69, 9.17) is 5.11 Å². The van der Waals surface area contributed by atoms with E-state index in [1.165, 1.54) is 0 Å². The minimum absolute atomic E-state index is 0.140. The number of carboxylic acids is 1. The van der Waals surface area contributed by atoms with Gasteiger partial charge >= 0.3 is 5.97 Å². The predicted octanol–water partition coefficient (Wildman–Crippen LogP) is 1.88. The maximum Gasteiger partial charge on any atom is 0.339 e. The molecule has 2 aromatic heterocycles.